The van der Waals surface area contributed by atoms with Crippen molar-refractivity contribution in [3.8, 4) is 11.5 Å². The van der Waals surface area contributed by atoms with Gasteiger partial charge in [0.15, 0.2) is 0 Å². The van der Waals surface area contributed by atoms with Crippen molar-refractivity contribution in [1.82, 2.24) is 0 Å². The summed E-state index contributed by atoms with van der Waals surface area (Å²) < 4.78 is 16.9. The molecular weight excluding hydrogens is 424 g/mol. The number of ether oxygens (including phenoxy) is 1. The van der Waals surface area contributed by atoms with Crippen molar-refractivity contribution in [1.29, 1.82) is 0 Å². The Morgan fingerprint density at radius 2 is 1.30 bits per heavy atom. The highest BCUT2D eigenvalue weighted by Crippen LogP contribution is 2.46. The fourth-order valence-electron chi connectivity index (χ4n) is 4.67. The average Bonchev–Trinajstić information content (AvgIpc) is 3.10. The molecule has 2 aromatic heterocycles. The molecule has 4 aromatic rings. The average molecular weight is 448 g/mol. The number of aliphatic hydroxyl groups excluding tert-OH is 1. The maximum atomic E-state index is 13.1. The second-order valence-corrected chi connectivity index (χ2v) is 9.03. The van der Waals surface area contributed by atoms with Crippen molar-refractivity contribution in [2.24, 2.45) is 0 Å². The first kappa shape index (κ1) is 21.3. The van der Waals surface area contributed by atoms with Crippen LogP contribution in [0.1, 0.15) is 67.7 Å². The van der Waals surface area contributed by atoms with Crippen molar-refractivity contribution < 1.29 is 23.8 Å². The summed E-state index contributed by atoms with van der Waals surface area (Å²) in [6, 6.07) is 10.6. The van der Waals surface area contributed by atoms with Gasteiger partial charge in [0, 0.05) is 0 Å². The summed E-state index contributed by atoms with van der Waals surface area (Å²) in [4.78, 5) is 26.2. The molecule has 2 unspecified atom stereocenters. The number of hydrogen-bond donors (Lipinski definition) is 2. The van der Waals surface area contributed by atoms with Gasteiger partial charge in [-0.1, -0.05) is 52.0 Å². The molecule has 2 atom stereocenters. The van der Waals surface area contributed by atoms with Crippen LogP contribution in [0.4, 0.5) is 0 Å². The number of rotatable bonds is 3. The zero-order valence-corrected chi connectivity index (χ0v) is 18.7. The van der Waals surface area contributed by atoms with Crippen LogP contribution in [-0.2, 0) is 0 Å². The Morgan fingerprint density at radius 1 is 0.788 bits per heavy atom. The van der Waals surface area contributed by atoms with Crippen molar-refractivity contribution in [2.45, 2.75) is 51.7 Å². The van der Waals surface area contributed by atoms with Crippen LogP contribution in [0.15, 0.2) is 54.8 Å². The van der Waals surface area contributed by atoms with Gasteiger partial charge >= 0.3 is 11.3 Å². The fourth-order valence-corrected chi connectivity index (χ4v) is 4.67. The number of fused-ring (bicyclic) bond motifs is 4. The van der Waals surface area contributed by atoms with Gasteiger partial charge < -0.3 is 23.8 Å². The summed E-state index contributed by atoms with van der Waals surface area (Å²) in [5.74, 6) is -1.32. The highest BCUT2D eigenvalue weighted by atomic mass is 16.6. The molecule has 0 radical (unpaired) electrons. The van der Waals surface area contributed by atoms with E-state index >= 15 is 0 Å². The molecule has 0 saturated carbocycles. The molecular formula is C26H24O7. The Kier molecular flexibility index (Phi) is 4.83. The van der Waals surface area contributed by atoms with Crippen LogP contribution in [0.25, 0.3) is 21.9 Å². The third-order valence-corrected chi connectivity index (χ3v) is 6.31. The molecule has 1 aliphatic rings. The lowest BCUT2D eigenvalue weighted by Gasteiger charge is -2.16. The number of hydrogen-bond acceptors (Lipinski definition) is 7. The van der Waals surface area contributed by atoms with E-state index in [0.717, 1.165) is 11.1 Å². The molecule has 0 aliphatic carbocycles. The summed E-state index contributed by atoms with van der Waals surface area (Å²) in [5.41, 5.74) is 0.412. The lowest BCUT2D eigenvalue weighted by atomic mass is 9.90. The van der Waals surface area contributed by atoms with Crippen LogP contribution in [0.5, 0.6) is 11.5 Å². The van der Waals surface area contributed by atoms with E-state index in [1.165, 1.54) is 0 Å². The molecule has 33 heavy (non-hydrogen) atoms. The second kappa shape index (κ2) is 7.49. The molecule has 1 aliphatic heterocycles. The maximum Gasteiger partial charge on any atom is 0.344 e. The van der Waals surface area contributed by atoms with Gasteiger partial charge in [-0.15, -0.1) is 0 Å². The second-order valence-electron chi connectivity index (χ2n) is 9.03. The minimum Gasteiger partial charge on any atom is -0.507 e. The lowest BCUT2D eigenvalue weighted by Crippen LogP contribution is -2.26. The lowest BCUT2D eigenvalue weighted by molar-refractivity contribution is -0.00987. The van der Waals surface area contributed by atoms with Crippen LogP contribution in [0.3, 0.4) is 0 Å². The highest BCUT2D eigenvalue weighted by molar-refractivity contribution is 5.90. The molecule has 2 N–H and O–H groups in total. The first-order valence-corrected chi connectivity index (χ1v) is 10.9. The van der Waals surface area contributed by atoms with E-state index in [4.69, 9.17) is 13.6 Å². The van der Waals surface area contributed by atoms with Crippen molar-refractivity contribution >= 4 is 21.9 Å². The number of aromatic hydroxyl groups is 1. The summed E-state index contributed by atoms with van der Waals surface area (Å²) in [7, 11) is 0. The molecule has 0 amide bonds. The van der Waals surface area contributed by atoms with Gasteiger partial charge in [-0.3, -0.25) is 0 Å². The van der Waals surface area contributed by atoms with Gasteiger partial charge in [-0.25, -0.2) is 9.59 Å². The quantitative estimate of drug-likeness (QED) is 0.437. The van der Waals surface area contributed by atoms with Crippen molar-refractivity contribution in [2.75, 3.05) is 0 Å². The Labute approximate surface area is 188 Å². The number of para-hydroxylation sites is 2. The fraction of sp³-hybridized carbons (Fsp3) is 0.308. The van der Waals surface area contributed by atoms with Gasteiger partial charge in [0.25, 0.3) is 0 Å². The topological polar surface area (TPSA) is 110 Å². The molecule has 0 spiro atoms. The standard InChI is InChI=1S/C26H24O7/c1-11(2)13-7-5-9-15-20(27)18(25(29)31-21(13)15)17-19-23(33-24(17)28)16-10-6-8-14(12(3)4)22(16)32-26(19)30/h5-12,17,24,27-28H,1-4H3. The SMILES string of the molecule is CC(C)c1cccc2c(O)c(C3c4c(c5cccc(C(C)C)c5oc4=O)OC3O)c(=O)oc12. The molecule has 3 heterocycles. The van der Waals surface area contributed by atoms with Gasteiger partial charge in [-0.05, 0) is 35.1 Å². The normalized spacial score (nSPS) is 17.8. The third-order valence-electron chi connectivity index (χ3n) is 6.31. The number of benzene rings is 2. The summed E-state index contributed by atoms with van der Waals surface area (Å²) in [6.45, 7) is 7.85. The summed E-state index contributed by atoms with van der Waals surface area (Å²) >= 11 is 0. The largest absolute Gasteiger partial charge is 0.507 e. The van der Waals surface area contributed by atoms with E-state index in [1.807, 2.05) is 45.9 Å². The minimum absolute atomic E-state index is 0.0159. The van der Waals surface area contributed by atoms with Crippen LogP contribution in [0, 0.1) is 0 Å². The maximum absolute atomic E-state index is 13.1. The van der Waals surface area contributed by atoms with Crippen molar-refractivity contribution in [3.63, 3.8) is 0 Å². The molecule has 0 fully saturated rings. The molecule has 5 rings (SSSR count). The molecule has 7 heteroatoms. The molecule has 7 nitrogen and oxygen atoms in total. The van der Waals surface area contributed by atoms with E-state index < -0.39 is 23.5 Å². The van der Waals surface area contributed by atoms with E-state index in [-0.39, 0.29) is 40.0 Å². The molecule has 0 saturated heterocycles. The summed E-state index contributed by atoms with van der Waals surface area (Å²) in [5, 5.41) is 22.7. The highest BCUT2D eigenvalue weighted by Gasteiger charge is 2.43. The zero-order chi connectivity index (χ0) is 23.6. The van der Waals surface area contributed by atoms with Crippen LogP contribution >= 0.6 is 0 Å². The first-order valence-electron chi connectivity index (χ1n) is 10.9. The van der Waals surface area contributed by atoms with E-state index in [2.05, 4.69) is 0 Å². The van der Waals surface area contributed by atoms with Gasteiger partial charge in [-0.2, -0.15) is 0 Å². The predicted molar refractivity (Wildman–Crippen MR) is 123 cm³/mol. The van der Waals surface area contributed by atoms with Crippen LogP contribution in [-0.4, -0.2) is 16.5 Å². The smallest absolute Gasteiger partial charge is 0.344 e. The Balaban J connectivity index is 1.80. The Morgan fingerprint density at radius 3 is 1.88 bits per heavy atom. The molecule has 170 valence electrons. The zero-order valence-electron chi connectivity index (χ0n) is 18.7. The van der Waals surface area contributed by atoms with Crippen molar-refractivity contribution in [3.05, 3.63) is 79.5 Å². The van der Waals surface area contributed by atoms with E-state index in [1.54, 1.807) is 18.2 Å². The van der Waals surface area contributed by atoms with E-state index in [0.29, 0.717) is 16.4 Å². The Hall–Kier alpha value is -3.58. The third kappa shape index (κ3) is 3.07. The molecule has 0 bridgehead atoms. The predicted octanol–water partition coefficient (Wildman–Crippen LogP) is 4.69. The monoisotopic (exact) mass is 448 g/mol. The van der Waals surface area contributed by atoms with E-state index in [9.17, 15) is 19.8 Å². The minimum atomic E-state index is -1.57. The first-order chi connectivity index (χ1) is 15.7. The van der Waals surface area contributed by atoms with Crippen LogP contribution in [0.2, 0.25) is 0 Å². The molecule has 2 aromatic carbocycles. The van der Waals surface area contributed by atoms with Crippen LogP contribution < -0.4 is 16.0 Å². The number of aliphatic hydroxyl groups is 1. The van der Waals surface area contributed by atoms with Gasteiger partial charge in [0.1, 0.15) is 22.7 Å². The van der Waals surface area contributed by atoms with Gasteiger partial charge in [0.05, 0.1) is 27.8 Å². The summed E-state index contributed by atoms with van der Waals surface area (Å²) in [6.07, 6.45) is -1.57. The van der Waals surface area contributed by atoms with Gasteiger partial charge in [0.2, 0.25) is 6.29 Å². The Bertz CT molecular complexity index is 1520.